The maximum atomic E-state index is 11.9. The number of amides is 1. The van der Waals surface area contributed by atoms with Gasteiger partial charge in [-0.3, -0.25) is 4.79 Å². The van der Waals surface area contributed by atoms with Gasteiger partial charge in [-0.05, 0) is 48.6 Å². The molecule has 0 saturated heterocycles. The highest BCUT2D eigenvalue weighted by Crippen LogP contribution is 2.14. The third-order valence-electron chi connectivity index (χ3n) is 2.56. The average Bonchev–Trinajstić information content (AvgIpc) is 2.99. The first-order valence-electron chi connectivity index (χ1n) is 6.11. The lowest BCUT2D eigenvalue weighted by molar-refractivity contribution is -0.112. The van der Waals surface area contributed by atoms with Gasteiger partial charge >= 0.3 is 0 Å². The van der Waals surface area contributed by atoms with Crippen LogP contribution in [0.15, 0.2) is 64.8 Å². The molecule has 104 valence electrons. The summed E-state index contributed by atoms with van der Waals surface area (Å²) in [6, 6.07) is 11.3. The number of nitrogens with zero attached hydrogens (tertiary/aromatic N) is 1. The normalized spacial score (nSPS) is 11.3. The molecule has 0 unspecified atom stereocenters. The van der Waals surface area contributed by atoms with Gasteiger partial charge in [0, 0.05) is 5.69 Å². The highest BCUT2D eigenvalue weighted by atomic mass is 16.3. The Kier molecular flexibility index (Phi) is 4.57. The van der Waals surface area contributed by atoms with Crippen LogP contribution < -0.4 is 5.32 Å². The second-order valence-corrected chi connectivity index (χ2v) is 4.07. The molecule has 1 heterocycles. The summed E-state index contributed by atoms with van der Waals surface area (Å²) in [5, 5.41) is 20.7. The van der Waals surface area contributed by atoms with Crippen molar-refractivity contribution in [3.8, 4) is 11.8 Å². The maximum absolute atomic E-state index is 11.9. The predicted molar refractivity (Wildman–Crippen MR) is 78.2 cm³/mol. The summed E-state index contributed by atoms with van der Waals surface area (Å²) in [5.74, 6) is 0.209. The third kappa shape index (κ3) is 4.11. The van der Waals surface area contributed by atoms with Gasteiger partial charge in [0.25, 0.3) is 5.91 Å². The molecule has 0 aliphatic rings. The van der Waals surface area contributed by atoms with Crippen molar-refractivity contribution >= 4 is 17.7 Å². The minimum atomic E-state index is -0.521. The van der Waals surface area contributed by atoms with Crippen LogP contribution >= 0.6 is 0 Å². The van der Waals surface area contributed by atoms with Gasteiger partial charge in [-0.1, -0.05) is 6.08 Å². The quantitative estimate of drug-likeness (QED) is 0.390. The Morgan fingerprint density at radius 3 is 2.67 bits per heavy atom. The molecule has 2 N–H and O–H groups in total. The molecular formula is C16H12N2O3. The highest BCUT2D eigenvalue weighted by molar-refractivity contribution is 6.06. The number of phenols is 1. The number of carbonyl (C=O) groups excluding carboxylic acids is 1. The van der Waals surface area contributed by atoms with Crippen LogP contribution in [0.5, 0.6) is 5.75 Å². The van der Waals surface area contributed by atoms with Crippen LogP contribution in [0.4, 0.5) is 5.69 Å². The molecule has 2 aromatic rings. The molecule has 0 aliphatic heterocycles. The summed E-state index contributed by atoms with van der Waals surface area (Å²) in [4.78, 5) is 11.9. The number of rotatable bonds is 4. The van der Waals surface area contributed by atoms with E-state index in [1.165, 1.54) is 24.5 Å². The molecule has 0 radical (unpaired) electrons. The number of benzene rings is 1. The van der Waals surface area contributed by atoms with Crippen molar-refractivity contribution in [2.45, 2.75) is 0 Å². The zero-order chi connectivity index (χ0) is 15.1. The molecule has 1 aromatic carbocycles. The lowest BCUT2D eigenvalue weighted by Gasteiger charge is -2.03. The predicted octanol–water partition coefficient (Wildman–Crippen LogP) is 3.09. The van der Waals surface area contributed by atoms with Crippen LogP contribution in [0.3, 0.4) is 0 Å². The Balaban J connectivity index is 2.04. The highest BCUT2D eigenvalue weighted by Gasteiger charge is 2.08. The molecule has 0 spiro atoms. The summed E-state index contributed by atoms with van der Waals surface area (Å²) in [6.07, 6.45) is 6.14. The summed E-state index contributed by atoms with van der Waals surface area (Å²) in [7, 11) is 0. The molecule has 1 aromatic heterocycles. The second kappa shape index (κ2) is 6.78. The van der Waals surface area contributed by atoms with E-state index in [0.29, 0.717) is 11.4 Å². The topological polar surface area (TPSA) is 86.3 Å². The SMILES string of the molecule is N#CC(=CC=Cc1ccco1)C(=O)Nc1ccc(O)cc1. The smallest absolute Gasteiger partial charge is 0.266 e. The standard InChI is InChI=1S/C16H12N2O3/c17-11-12(3-1-4-15-5-2-10-21-15)16(20)18-13-6-8-14(19)9-7-13/h1-10,19H,(H,18,20). The minimum Gasteiger partial charge on any atom is -0.508 e. The molecule has 0 saturated carbocycles. The molecule has 0 fully saturated rings. The van der Waals surface area contributed by atoms with Crippen LogP contribution in [0, 0.1) is 11.3 Å². The van der Waals surface area contributed by atoms with Gasteiger partial charge in [-0.2, -0.15) is 5.26 Å². The molecule has 21 heavy (non-hydrogen) atoms. The largest absolute Gasteiger partial charge is 0.508 e. The van der Waals surface area contributed by atoms with E-state index in [-0.39, 0.29) is 11.3 Å². The molecule has 1 amide bonds. The van der Waals surface area contributed by atoms with Gasteiger partial charge in [0.05, 0.1) is 6.26 Å². The summed E-state index contributed by atoms with van der Waals surface area (Å²) >= 11 is 0. The van der Waals surface area contributed by atoms with E-state index in [4.69, 9.17) is 14.8 Å². The fourth-order valence-electron chi connectivity index (χ4n) is 1.53. The second-order valence-electron chi connectivity index (χ2n) is 4.07. The first kappa shape index (κ1) is 14.2. The number of carbonyl (C=O) groups is 1. The van der Waals surface area contributed by atoms with Crippen molar-refractivity contribution in [3.63, 3.8) is 0 Å². The minimum absolute atomic E-state index is 0.0362. The van der Waals surface area contributed by atoms with E-state index in [2.05, 4.69) is 5.32 Å². The van der Waals surface area contributed by atoms with Crippen LogP contribution in [-0.2, 0) is 4.79 Å². The fraction of sp³-hybridized carbons (Fsp3) is 0. The Morgan fingerprint density at radius 1 is 1.29 bits per heavy atom. The fourth-order valence-corrected chi connectivity index (χ4v) is 1.53. The van der Waals surface area contributed by atoms with E-state index in [0.717, 1.165) is 0 Å². The Hall–Kier alpha value is -3.26. The summed E-state index contributed by atoms with van der Waals surface area (Å²) in [5.41, 5.74) is 0.458. The molecule has 5 nitrogen and oxygen atoms in total. The Labute approximate surface area is 121 Å². The van der Waals surface area contributed by atoms with Gasteiger partial charge < -0.3 is 14.8 Å². The lowest BCUT2D eigenvalue weighted by Crippen LogP contribution is -2.13. The van der Waals surface area contributed by atoms with E-state index in [1.807, 2.05) is 6.07 Å². The monoisotopic (exact) mass is 280 g/mol. The van der Waals surface area contributed by atoms with Crippen molar-refractivity contribution in [3.05, 3.63) is 66.1 Å². The number of allylic oxidation sites excluding steroid dienone is 2. The van der Waals surface area contributed by atoms with E-state index < -0.39 is 5.91 Å². The zero-order valence-electron chi connectivity index (χ0n) is 11.0. The Bertz CT molecular complexity index is 705. The molecule has 0 atom stereocenters. The summed E-state index contributed by atoms with van der Waals surface area (Å²) in [6.45, 7) is 0. The number of nitriles is 1. The Morgan fingerprint density at radius 2 is 2.05 bits per heavy atom. The number of anilines is 1. The lowest BCUT2D eigenvalue weighted by atomic mass is 10.2. The number of nitrogens with one attached hydrogen (secondary N) is 1. The van der Waals surface area contributed by atoms with Crippen LogP contribution in [0.25, 0.3) is 6.08 Å². The van der Waals surface area contributed by atoms with Crippen molar-refractivity contribution in [1.82, 2.24) is 0 Å². The van der Waals surface area contributed by atoms with Gasteiger partial charge in [0.1, 0.15) is 23.2 Å². The number of furan rings is 1. The van der Waals surface area contributed by atoms with Crippen molar-refractivity contribution in [1.29, 1.82) is 5.26 Å². The maximum Gasteiger partial charge on any atom is 0.266 e. The van der Waals surface area contributed by atoms with Gasteiger partial charge in [0.2, 0.25) is 0 Å². The average molecular weight is 280 g/mol. The molecule has 5 heteroatoms. The number of hydrogen-bond acceptors (Lipinski definition) is 4. The summed E-state index contributed by atoms with van der Waals surface area (Å²) < 4.78 is 5.09. The van der Waals surface area contributed by atoms with Crippen molar-refractivity contribution < 1.29 is 14.3 Å². The van der Waals surface area contributed by atoms with Gasteiger partial charge in [-0.15, -0.1) is 0 Å². The molecule has 0 aliphatic carbocycles. The van der Waals surface area contributed by atoms with E-state index >= 15 is 0 Å². The van der Waals surface area contributed by atoms with Crippen LogP contribution in [0.2, 0.25) is 0 Å². The first-order chi connectivity index (χ1) is 10.2. The molecule has 0 bridgehead atoms. The van der Waals surface area contributed by atoms with E-state index in [9.17, 15) is 4.79 Å². The van der Waals surface area contributed by atoms with Crippen molar-refractivity contribution in [2.75, 3.05) is 5.32 Å². The zero-order valence-corrected chi connectivity index (χ0v) is 11.0. The van der Waals surface area contributed by atoms with E-state index in [1.54, 1.807) is 36.4 Å². The van der Waals surface area contributed by atoms with Crippen LogP contribution in [-0.4, -0.2) is 11.0 Å². The molecule has 2 rings (SSSR count). The number of aromatic hydroxyl groups is 1. The third-order valence-corrected chi connectivity index (χ3v) is 2.56. The van der Waals surface area contributed by atoms with Gasteiger partial charge in [0.15, 0.2) is 0 Å². The molecular weight excluding hydrogens is 268 g/mol. The van der Waals surface area contributed by atoms with Gasteiger partial charge in [-0.25, -0.2) is 0 Å². The van der Waals surface area contributed by atoms with Crippen LogP contribution in [0.1, 0.15) is 5.76 Å². The number of phenolic OH excluding ortho intramolecular Hbond substituents is 1. The first-order valence-corrected chi connectivity index (χ1v) is 6.11. The number of hydrogen-bond donors (Lipinski definition) is 2. The van der Waals surface area contributed by atoms with Crippen molar-refractivity contribution in [2.24, 2.45) is 0 Å².